The van der Waals surface area contributed by atoms with E-state index in [4.69, 9.17) is 16.3 Å². The van der Waals surface area contributed by atoms with Gasteiger partial charge in [-0.25, -0.2) is 17.6 Å². The molecule has 0 saturated heterocycles. The Hall–Kier alpha value is -3.43. The number of carbonyl (C=O) groups excluding carboxylic acids is 2. The van der Waals surface area contributed by atoms with Crippen LogP contribution in [-0.2, 0) is 19.6 Å². The van der Waals surface area contributed by atoms with Gasteiger partial charge >= 0.3 is 11.9 Å². The molecule has 0 saturated carbocycles. The third-order valence-corrected chi connectivity index (χ3v) is 6.19. The van der Waals surface area contributed by atoms with Crippen molar-refractivity contribution >= 4 is 39.3 Å². The second-order valence-corrected chi connectivity index (χ2v) is 8.83. The van der Waals surface area contributed by atoms with Crippen LogP contribution in [0.5, 0.6) is 5.75 Å². The van der Waals surface area contributed by atoms with Gasteiger partial charge in [-0.2, -0.15) is 0 Å². The van der Waals surface area contributed by atoms with Crippen LogP contribution in [0.2, 0.25) is 5.02 Å². The highest BCUT2D eigenvalue weighted by Gasteiger charge is 2.27. The number of ether oxygens (including phenoxy) is 2. The first kappa shape index (κ1) is 24.2. The maximum absolute atomic E-state index is 14.5. The van der Waals surface area contributed by atoms with Gasteiger partial charge in [-0.3, -0.25) is 9.52 Å². The van der Waals surface area contributed by atoms with Crippen molar-refractivity contribution in [2.24, 2.45) is 0 Å². The lowest BCUT2D eigenvalue weighted by Crippen LogP contribution is -2.18. The van der Waals surface area contributed by atoms with Crippen LogP contribution in [0.15, 0.2) is 65.6 Å². The molecule has 0 bridgehead atoms. The highest BCUT2D eigenvalue weighted by Crippen LogP contribution is 2.36. The van der Waals surface area contributed by atoms with E-state index < -0.39 is 38.4 Å². The van der Waals surface area contributed by atoms with Crippen molar-refractivity contribution in [2.75, 3.05) is 11.8 Å². The first-order chi connectivity index (χ1) is 15.7. The monoisotopic (exact) mass is 491 g/mol. The van der Waals surface area contributed by atoms with Crippen molar-refractivity contribution in [3.8, 4) is 16.9 Å². The molecular weight excluding hydrogens is 473 g/mol. The van der Waals surface area contributed by atoms with Crippen molar-refractivity contribution < 1.29 is 31.9 Å². The molecule has 3 aromatic carbocycles. The van der Waals surface area contributed by atoms with Gasteiger partial charge in [0.25, 0.3) is 10.0 Å². The summed E-state index contributed by atoms with van der Waals surface area (Å²) in [6.45, 7) is 1.51. The molecule has 1 N–H and O–H groups in total. The Morgan fingerprint density at radius 1 is 1.03 bits per heavy atom. The van der Waals surface area contributed by atoms with E-state index in [1.807, 2.05) is 6.07 Å². The number of halogens is 2. The zero-order chi connectivity index (χ0) is 24.2. The summed E-state index contributed by atoms with van der Waals surface area (Å²) in [7, 11) is -3.46. The van der Waals surface area contributed by atoms with Gasteiger partial charge in [0, 0.05) is 6.42 Å². The minimum Gasteiger partial charge on any atom is -0.465 e. The van der Waals surface area contributed by atoms with Gasteiger partial charge in [0.1, 0.15) is 10.7 Å². The fraction of sp³-hybridized carbons (Fsp3) is 0.130. The molecule has 0 aliphatic carbocycles. The first-order valence-electron chi connectivity index (χ1n) is 9.66. The Morgan fingerprint density at radius 3 is 2.36 bits per heavy atom. The van der Waals surface area contributed by atoms with E-state index >= 15 is 0 Å². The normalized spacial score (nSPS) is 11.0. The second kappa shape index (κ2) is 10.0. The molecule has 7 nitrogen and oxygen atoms in total. The quantitative estimate of drug-likeness (QED) is 0.367. The van der Waals surface area contributed by atoms with Crippen LogP contribution in [0.4, 0.5) is 10.1 Å². The molecule has 0 heterocycles. The number of rotatable bonds is 7. The summed E-state index contributed by atoms with van der Waals surface area (Å²) in [4.78, 5) is 23.2. The molecule has 0 fully saturated rings. The van der Waals surface area contributed by atoms with Crippen molar-refractivity contribution in [2.45, 2.75) is 18.2 Å². The molecule has 3 rings (SSSR count). The lowest BCUT2D eigenvalue weighted by molar-refractivity contribution is -0.134. The predicted molar refractivity (Wildman–Crippen MR) is 121 cm³/mol. The van der Waals surface area contributed by atoms with Crippen molar-refractivity contribution in [1.82, 2.24) is 0 Å². The summed E-state index contributed by atoms with van der Waals surface area (Å²) < 4.78 is 52.9. The van der Waals surface area contributed by atoms with Gasteiger partial charge < -0.3 is 9.47 Å². The lowest BCUT2D eigenvalue weighted by Gasteiger charge is -2.16. The maximum atomic E-state index is 14.5. The molecule has 0 radical (unpaired) electrons. The Balaban J connectivity index is 2.11. The number of anilines is 1. The zero-order valence-electron chi connectivity index (χ0n) is 17.6. The summed E-state index contributed by atoms with van der Waals surface area (Å²) in [6, 6.07) is 15.0. The molecular formula is C23H19ClFNO6S. The molecule has 33 heavy (non-hydrogen) atoms. The first-order valence-corrected chi connectivity index (χ1v) is 11.5. The van der Waals surface area contributed by atoms with Gasteiger partial charge in [0.2, 0.25) is 0 Å². The Bertz CT molecular complexity index is 1310. The van der Waals surface area contributed by atoms with Crippen molar-refractivity contribution in [1.29, 1.82) is 0 Å². The van der Waals surface area contributed by atoms with Gasteiger partial charge in [0.05, 0.1) is 23.4 Å². The Kier molecular flexibility index (Phi) is 7.35. The average molecular weight is 492 g/mol. The number of carbonyl (C=O) groups is 2. The van der Waals surface area contributed by atoms with Gasteiger partial charge in [-0.05, 0) is 35.4 Å². The number of esters is 2. The molecule has 0 amide bonds. The van der Waals surface area contributed by atoms with Crippen LogP contribution >= 0.6 is 11.6 Å². The number of nitrogens with one attached hydrogen (secondary N) is 1. The second-order valence-electron chi connectivity index (χ2n) is 6.77. The number of hydrogen-bond donors (Lipinski definition) is 1. The SMILES string of the molecule is CCC(=O)Oc1c(Cl)cc(C(=O)OC)cc1S(=O)(=O)Nc1cc(-c2ccccc2)ccc1F. The smallest absolute Gasteiger partial charge is 0.337 e. The fourth-order valence-electron chi connectivity index (χ4n) is 2.90. The van der Waals surface area contributed by atoms with Crippen LogP contribution in [0, 0.1) is 5.82 Å². The Morgan fingerprint density at radius 2 is 1.73 bits per heavy atom. The van der Waals surface area contributed by atoms with Gasteiger partial charge in [-0.1, -0.05) is 54.9 Å². The minimum absolute atomic E-state index is 0.0598. The molecule has 0 unspecified atom stereocenters. The van der Waals surface area contributed by atoms with E-state index in [1.165, 1.54) is 19.1 Å². The Labute approximate surface area is 195 Å². The number of benzene rings is 3. The van der Waals surface area contributed by atoms with Crippen LogP contribution in [0.1, 0.15) is 23.7 Å². The number of sulfonamides is 1. The van der Waals surface area contributed by atoms with Gasteiger partial charge in [0.15, 0.2) is 5.75 Å². The van der Waals surface area contributed by atoms with Crippen LogP contribution in [0.3, 0.4) is 0 Å². The van der Waals surface area contributed by atoms with Crippen LogP contribution < -0.4 is 9.46 Å². The largest absolute Gasteiger partial charge is 0.465 e. The molecule has 0 atom stereocenters. The minimum atomic E-state index is -4.57. The van der Waals surface area contributed by atoms with E-state index in [0.717, 1.165) is 30.9 Å². The van der Waals surface area contributed by atoms with Crippen molar-refractivity contribution in [3.63, 3.8) is 0 Å². The number of methoxy groups -OCH3 is 1. The summed E-state index contributed by atoms with van der Waals surface area (Å²) in [5.41, 5.74) is 0.765. The van der Waals surface area contributed by atoms with E-state index in [2.05, 4.69) is 9.46 Å². The number of hydrogen-bond acceptors (Lipinski definition) is 6. The summed E-state index contributed by atoms with van der Waals surface area (Å²) in [5.74, 6) is -2.93. The fourth-order valence-corrected chi connectivity index (χ4v) is 4.45. The van der Waals surface area contributed by atoms with E-state index in [1.54, 1.807) is 24.3 Å². The molecule has 172 valence electrons. The maximum Gasteiger partial charge on any atom is 0.337 e. The standard InChI is InChI=1S/C23H19ClFNO6S/c1-3-21(27)32-22-17(24)11-16(23(28)31-2)13-20(22)33(29,30)26-19-12-15(9-10-18(19)25)14-7-5-4-6-8-14/h4-13,26H,3H2,1-2H3. The molecule has 0 aromatic heterocycles. The third-order valence-electron chi connectivity index (χ3n) is 4.54. The van der Waals surface area contributed by atoms with Crippen LogP contribution in [0.25, 0.3) is 11.1 Å². The topological polar surface area (TPSA) is 98.8 Å². The lowest BCUT2D eigenvalue weighted by atomic mass is 10.1. The third kappa shape index (κ3) is 5.50. The highest BCUT2D eigenvalue weighted by atomic mass is 35.5. The summed E-state index contributed by atoms with van der Waals surface area (Å²) in [6.07, 6.45) is -0.0598. The molecule has 10 heteroatoms. The summed E-state index contributed by atoms with van der Waals surface area (Å²) >= 11 is 6.13. The molecule has 0 aliphatic rings. The molecule has 0 aliphatic heterocycles. The molecule has 3 aromatic rings. The van der Waals surface area contributed by atoms with Crippen LogP contribution in [-0.4, -0.2) is 27.5 Å². The summed E-state index contributed by atoms with van der Waals surface area (Å²) in [5, 5.41) is -0.307. The average Bonchev–Trinajstić information content (AvgIpc) is 2.81. The van der Waals surface area contributed by atoms with Crippen molar-refractivity contribution in [3.05, 3.63) is 77.1 Å². The predicted octanol–water partition coefficient (Wildman–Crippen LogP) is 5.05. The van der Waals surface area contributed by atoms with Gasteiger partial charge in [-0.15, -0.1) is 0 Å². The van der Waals surface area contributed by atoms with E-state index in [9.17, 15) is 22.4 Å². The van der Waals surface area contributed by atoms with E-state index in [-0.39, 0.29) is 22.7 Å². The highest BCUT2D eigenvalue weighted by molar-refractivity contribution is 7.92. The van der Waals surface area contributed by atoms with E-state index in [0.29, 0.717) is 5.56 Å². The zero-order valence-corrected chi connectivity index (χ0v) is 19.2. The molecule has 0 spiro atoms.